The first-order valence-electron chi connectivity index (χ1n) is 4.59. The van der Waals surface area contributed by atoms with Crippen molar-refractivity contribution in [3.8, 4) is 5.69 Å². The molecular weight excluding hydrogens is 253 g/mol. The summed E-state index contributed by atoms with van der Waals surface area (Å²) in [6, 6.07) is 8.75. The lowest BCUT2D eigenvalue weighted by atomic mass is 10.3. The molecule has 0 amide bonds. The lowest BCUT2D eigenvalue weighted by molar-refractivity contribution is -0.105. The van der Waals surface area contributed by atoms with Crippen LogP contribution in [0.3, 0.4) is 0 Å². The lowest BCUT2D eigenvalue weighted by Crippen LogP contribution is -2.11. The zero-order valence-electron chi connectivity index (χ0n) is 8.42. The number of hydrogen-bond donors (Lipinski definition) is 0. The summed E-state index contributed by atoms with van der Waals surface area (Å²) in [4.78, 5) is 0. The van der Waals surface area contributed by atoms with Crippen LogP contribution >= 0.6 is 11.8 Å². The normalized spacial score (nSPS) is 11.7. The first-order valence-corrected chi connectivity index (χ1v) is 5.58. The van der Waals surface area contributed by atoms with Gasteiger partial charge >= 0.3 is 6.18 Å². The molecule has 0 N–H and O–H groups in total. The number of para-hydroxylation sites is 1. The van der Waals surface area contributed by atoms with Gasteiger partial charge in [0, 0.05) is 0 Å². The molecule has 8 heteroatoms. The molecule has 2 aromatic rings. The molecule has 0 bridgehead atoms. The fraction of sp³-hybridized carbons (Fsp3) is 0.222. The Bertz CT molecular complexity index is 482. The van der Waals surface area contributed by atoms with Gasteiger partial charge in [0.25, 0.3) is 0 Å². The van der Waals surface area contributed by atoms with Gasteiger partial charge in [0.2, 0.25) is 5.16 Å². The smallest absolute Gasteiger partial charge is 0.188 e. The van der Waals surface area contributed by atoms with Gasteiger partial charge in [-0.25, -0.2) is 0 Å². The molecule has 1 aromatic carbocycles. The van der Waals surface area contributed by atoms with E-state index in [1.807, 2.05) is 0 Å². The minimum atomic E-state index is -4.24. The maximum Gasteiger partial charge on any atom is 0.398 e. The fourth-order valence-electron chi connectivity index (χ4n) is 1.15. The summed E-state index contributed by atoms with van der Waals surface area (Å²) in [5.41, 5.74) is 0.627. The molecule has 0 spiro atoms. The Morgan fingerprint density at radius 1 is 1.18 bits per heavy atom. The van der Waals surface area contributed by atoms with Crippen molar-refractivity contribution in [2.45, 2.75) is 11.3 Å². The molecule has 4 nitrogen and oxygen atoms in total. The van der Waals surface area contributed by atoms with Crippen LogP contribution in [-0.4, -0.2) is 32.1 Å². The van der Waals surface area contributed by atoms with E-state index in [0.29, 0.717) is 17.4 Å². The highest BCUT2D eigenvalue weighted by Crippen LogP contribution is 2.26. The standard InChI is InChI=1S/C9H7F3N4S/c10-9(11,12)6-17-8-13-14-15-16(8)7-4-2-1-3-5-7/h1-5H,6H2. The summed E-state index contributed by atoms with van der Waals surface area (Å²) in [5.74, 6) is -1.01. The molecule has 2 rings (SSSR count). The zero-order valence-corrected chi connectivity index (χ0v) is 9.24. The van der Waals surface area contributed by atoms with Crippen LogP contribution in [0.15, 0.2) is 35.5 Å². The van der Waals surface area contributed by atoms with E-state index in [1.54, 1.807) is 30.3 Å². The number of aromatic nitrogens is 4. The SMILES string of the molecule is FC(F)(F)CSc1nnnn1-c1ccccc1. The first-order chi connectivity index (χ1) is 8.06. The number of halogens is 3. The third-order valence-electron chi connectivity index (χ3n) is 1.81. The predicted molar refractivity (Wildman–Crippen MR) is 55.9 cm³/mol. The average molecular weight is 260 g/mol. The number of thioether (sulfide) groups is 1. The van der Waals surface area contributed by atoms with Gasteiger partial charge in [-0.05, 0) is 22.6 Å². The van der Waals surface area contributed by atoms with Crippen LogP contribution in [0.25, 0.3) is 5.69 Å². The Morgan fingerprint density at radius 2 is 1.88 bits per heavy atom. The molecule has 0 aliphatic rings. The Hall–Kier alpha value is -1.57. The Labute approximate surface area is 98.8 Å². The molecule has 0 saturated heterocycles. The van der Waals surface area contributed by atoms with E-state index in [4.69, 9.17) is 0 Å². The van der Waals surface area contributed by atoms with Gasteiger partial charge < -0.3 is 0 Å². The highest BCUT2D eigenvalue weighted by atomic mass is 32.2. The van der Waals surface area contributed by atoms with Gasteiger partial charge in [-0.15, -0.1) is 5.10 Å². The third kappa shape index (κ3) is 3.19. The summed E-state index contributed by atoms with van der Waals surface area (Å²) in [6.07, 6.45) is -4.24. The van der Waals surface area contributed by atoms with Crippen molar-refractivity contribution in [3.05, 3.63) is 30.3 Å². The quantitative estimate of drug-likeness (QED) is 0.794. The summed E-state index contributed by atoms with van der Waals surface area (Å²) in [5, 5.41) is 10.7. The molecule has 0 saturated carbocycles. The maximum absolute atomic E-state index is 12.1. The number of rotatable bonds is 3. The van der Waals surface area contributed by atoms with Crippen LogP contribution in [0, 0.1) is 0 Å². The minimum Gasteiger partial charge on any atom is -0.188 e. The topological polar surface area (TPSA) is 43.6 Å². The molecule has 17 heavy (non-hydrogen) atoms. The molecule has 0 aliphatic heterocycles. The summed E-state index contributed by atoms with van der Waals surface area (Å²) < 4.78 is 37.5. The van der Waals surface area contributed by atoms with E-state index < -0.39 is 11.9 Å². The van der Waals surface area contributed by atoms with E-state index in [1.165, 1.54) is 4.68 Å². The second-order valence-electron chi connectivity index (χ2n) is 3.11. The van der Waals surface area contributed by atoms with Crippen LogP contribution in [-0.2, 0) is 0 Å². The second kappa shape index (κ2) is 4.74. The first kappa shape index (κ1) is 11.9. The Balaban J connectivity index is 2.18. The van der Waals surface area contributed by atoms with Gasteiger partial charge in [-0.1, -0.05) is 30.0 Å². The number of nitrogens with zero attached hydrogens (tertiary/aromatic N) is 4. The third-order valence-corrected chi connectivity index (χ3v) is 2.79. The van der Waals surface area contributed by atoms with Gasteiger partial charge in [0.15, 0.2) is 0 Å². The van der Waals surface area contributed by atoms with Crippen molar-refractivity contribution in [1.29, 1.82) is 0 Å². The van der Waals surface area contributed by atoms with Gasteiger partial charge in [-0.2, -0.15) is 17.9 Å². The van der Waals surface area contributed by atoms with Crippen molar-refractivity contribution in [1.82, 2.24) is 20.2 Å². The van der Waals surface area contributed by atoms with Crippen molar-refractivity contribution in [2.24, 2.45) is 0 Å². The maximum atomic E-state index is 12.1. The van der Waals surface area contributed by atoms with Crippen LogP contribution in [0.1, 0.15) is 0 Å². The molecule has 0 fully saturated rings. The number of hydrogen-bond acceptors (Lipinski definition) is 4. The fourth-order valence-corrected chi connectivity index (χ4v) is 1.80. The molecule has 0 radical (unpaired) electrons. The van der Waals surface area contributed by atoms with Crippen molar-refractivity contribution >= 4 is 11.8 Å². The Kier molecular flexibility index (Phi) is 3.32. The number of alkyl halides is 3. The monoisotopic (exact) mass is 260 g/mol. The summed E-state index contributed by atoms with van der Waals surface area (Å²) in [6.45, 7) is 0. The van der Waals surface area contributed by atoms with Crippen LogP contribution in [0.5, 0.6) is 0 Å². The zero-order chi connectivity index (χ0) is 12.3. The van der Waals surface area contributed by atoms with Crippen LogP contribution in [0.2, 0.25) is 0 Å². The average Bonchev–Trinajstić information content (AvgIpc) is 2.75. The molecule has 0 atom stereocenters. The van der Waals surface area contributed by atoms with Gasteiger partial charge in [0.05, 0.1) is 11.4 Å². The van der Waals surface area contributed by atoms with Crippen LogP contribution < -0.4 is 0 Å². The molecule has 90 valence electrons. The summed E-state index contributed by atoms with van der Waals surface area (Å²) >= 11 is 0.557. The van der Waals surface area contributed by atoms with Crippen molar-refractivity contribution < 1.29 is 13.2 Å². The minimum absolute atomic E-state index is 0.119. The highest BCUT2D eigenvalue weighted by molar-refractivity contribution is 7.99. The van der Waals surface area contributed by atoms with Gasteiger partial charge in [0.1, 0.15) is 0 Å². The molecular formula is C9H7F3N4S. The van der Waals surface area contributed by atoms with Crippen LogP contribution in [0.4, 0.5) is 13.2 Å². The highest BCUT2D eigenvalue weighted by Gasteiger charge is 2.28. The second-order valence-corrected chi connectivity index (χ2v) is 4.06. The predicted octanol–water partition coefficient (Wildman–Crippen LogP) is 2.32. The van der Waals surface area contributed by atoms with Crippen molar-refractivity contribution in [3.63, 3.8) is 0 Å². The molecule has 1 aromatic heterocycles. The van der Waals surface area contributed by atoms with E-state index in [0.717, 1.165) is 0 Å². The van der Waals surface area contributed by atoms with E-state index in [2.05, 4.69) is 15.5 Å². The van der Waals surface area contributed by atoms with Gasteiger partial charge in [-0.3, -0.25) is 0 Å². The van der Waals surface area contributed by atoms with Crippen molar-refractivity contribution in [2.75, 3.05) is 5.75 Å². The summed E-state index contributed by atoms with van der Waals surface area (Å²) in [7, 11) is 0. The molecule has 1 heterocycles. The molecule has 0 aliphatic carbocycles. The number of tetrazole rings is 1. The largest absolute Gasteiger partial charge is 0.398 e. The number of benzene rings is 1. The van der Waals surface area contributed by atoms with E-state index in [-0.39, 0.29) is 5.16 Å². The Morgan fingerprint density at radius 3 is 2.53 bits per heavy atom. The van der Waals surface area contributed by atoms with E-state index >= 15 is 0 Å². The lowest BCUT2D eigenvalue weighted by Gasteiger charge is -2.05. The molecule has 0 unspecified atom stereocenters. The van der Waals surface area contributed by atoms with E-state index in [9.17, 15) is 13.2 Å².